The molecule has 0 aliphatic rings. The Labute approximate surface area is 105 Å². The summed E-state index contributed by atoms with van der Waals surface area (Å²) in [6.07, 6.45) is 0. The average Bonchev–Trinajstić information content (AvgIpc) is 2.35. The molecule has 1 aromatic carbocycles. The Morgan fingerprint density at radius 2 is 1.94 bits per heavy atom. The number of hydrogen-bond acceptors (Lipinski definition) is 3. The number of hydrogen-bond donors (Lipinski definition) is 2. The van der Waals surface area contributed by atoms with Gasteiger partial charge in [-0.2, -0.15) is 0 Å². The summed E-state index contributed by atoms with van der Waals surface area (Å²) in [5, 5.41) is 2.54. The second kappa shape index (κ2) is 6.18. The van der Waals surface area contributed by atoms with Gasteiger partial charge in [0.1, 0.15) is 0 Å². The van der Waals surface area contributed by atoms with Gasteiger partial charge in [0.25, 0.3) is 0 Å². The molecular weight excluding hydrogens is 240 g/mol. The maximum Gasteiger partial charge on any atom is 0.241 e. The van der Waals surface area contributed by atoms with E-state index in [1.54, 1.807) is 4.90 Å². The number of benzene rings is 1. The first-order valence-corrected chi connectivity index (χ1v) is 5.76. The van der Waals surface area contributed by atoms with Crippen molar-refractivity contribution in [2.75, 3.05) is 30.7 Å². The lowest BCUT2D eigenvalue weighted by molar-refractivity contribution is -0.128. The molecule has 1 rings (SSSR count). The van der Waals surface area contributed by atoms with E-state index in [4.69, 9.17) is 5.73 Å². The maximum absolute atomic E-state index is 13.4. The molecule has 18 heavy (non-hydrogen) atoms. The van der Waals surface area contributed by atoms with Crippen LogP contribution < -0.4 is 11.1 Å². The monoisotopic (exact) mass is 257 g/mol. The van der Waals surface area contributed by atoms with Crippen LogP contribution in [0.5, 0.6) is 0 Å². The van der Waals surface area contributed by atoms with Gasteiger partial charge in [-0.05, 0) is 26.0 Å². The second-order valence-electron chi connectivity index (χ2n) is 3.75. The number of nitrogen functional groups attached to an aromatic ring is 1. The summed E-state index contributed by atoms with van der Waals surface area (Å²) in [7, 11) is 0. The van der Waals surface area contributed by atoms with Crippen LogP contribution in [0.4, 0.5) is 20.2 Å². The molecule has 0 unspecified atom stereocenters. The molecule has 0 aliphatic carbocycles. The minimum absolute atomic E-state index is 0.0706. The van der Waals surface area contributed by atoms with Crippen LogP contribution in [0.25, 0.3) is 0 Å². The second-order valence-corrected chi connectivity index (χ2v) is 3.75. The van der Waals surface area contributed by atoms with Crippen LogP contribution in [0.3, 0.4) is 0 Å². The fourth-order valence-corrected chi connectivity index (χ4v) is 1.60. The van der Waals surface area contributed by atoms with Crippen molar-refractivity contribution in [2.45, 2.75) is 13.8 Å². The quantitative estimate of drug-likeness (QED) is 0.791. The summed E-state index contributed by atoms with van der Waals surface area (Å²) in [4.78, 5) is 13.3. The van der Waals surface area contributed by atoms with Gasteiger partial charge in [0.2, 0.25) is 5.91 Å². The summed E-state index contributed by atoms with van der Waals surface area (Å²) in [5.74, 6) is -2.26. The fraction of sp³-hybridized carbons (Fsp3) is 0.417. The fourth-order valence-electron chi connectivity index (χ4n) is 1.60. The summed E-state index contributed by atoms with van der Waals surface area (Å²) < 4.78 is 26.4. The van der Waals surface area contributed by atoms with E-state index in [1.807, 2.05) is 13.8 Å². The number of carbonyl (C=O) groups is 1. The third-order valence-electron chi connectivity index (χ3n) is 2.66. The van der Waals surface area contributed by atoms with Crippen molar-refractivity contribution in [1.82, 2.24) is 4.90 Å². The van der Waals surface area contributed by atoms with Gasteiger partial charge in [-0.25, -0.2) is 8.78 Å². The van der Waals surface area contributed by atoms with Crippen LogP contribution in [-0.4, -0.2) is 30.4 Å². The average molecular weight is 257 g/mol. The minimum Gasteiger partial charge on any atom is -0.397 e. The van der Waals surface area contributed by atoms with Crippen LogP contribution in [0.15, 0.2) is 12.1 Å². The number of amides is 1. The number of nitrogens with two attached hydrogens (primary N) is 1. The van der Waals surface area contributed by atoms with E-state index in [-0.39, 0.29) is 23.8 Å². The number of halogens is 2. The Morgan fingerprint density at radius 3 is 2.50 bits per heavy atom. The number of rotatable bonds is 5. The molecule has 0 atom stereocenters. The molecule has 0 heterocycles. The Morgan fingerprint density at radius 1 is 1.33 bits per heavy atom. The predicted molar refractivity (Wildman–Crippen MR) is 67.2 cm³/mol. The zero-order chi connectivity index (χ0) is 13.7. The standard InChI is InChI=1S/C12H17F2N3O/c1-3-17(4-2)10(18)7-16-12-9(15)6-5-8(13)11(12)14/h5-6,16H,3-4,7,15H2,1-2H3. The highest BCUT2D eigenvalue weighted by molar-refractivity contribution is 5.82. The van der Waals surface area contributed by atoms with Crippen molar-refractivity contribution in [2.24, 2.45) is 0 Å². The molecule has 1 amide bonds. The lowest BCUT2D eigenvalue weighted by atomic mass is 10.2. The van der Waals surface area contributed by atoms with E-state index in [9.17, 15) is 13.6 Å². The van der Waals surface area contributed by atoms with Gasteiger partial charge in [-0.1, -0.05) is 0 Å². The zero-order valence-electron chi connectivity index (χ0n) is 10.5. The van der Waals surface area contributed by atoms with E-state index >= 15 is 0 Å². The van der Waals surface area contributed by atoms with E-state index < -0.39 is 11.6 Å². The van der Waals surface area contributed by atoms with Gasteiger partial charge < -0.3 is 16.0 Å². The first-order valence-electron chi connectivity index (χ1n) is 5.76. The molecule has 1 aromatic rings. The molecule has 6 heteroatoms. The highest BCUT2D eigenvalue weighted by Gasteiger charge is 2.14. The van der Waals surface area contributed by atoms with Crippen LogP contribution >= 0.6 is 0 Å². The van der Waals surface area contributed by atoms with Crippen LogP contribution in [0.1, 0.15) is 13.8 Å². The number of nitrogens with zero attached hydrogens (tertiary/aromatic N) is 1. The first-order chi connectivity index (χ1) is 8.51. The molecule has 0 aliphatic heterocycles. The molecular formula is C12H17F2N3O. The molecule has 0 radical (unpaired) electrons. The number of nitrogens with one attached hydrogen (secondary N) is 1. The molecule has 100 valence electrons. The van der Waals surface area contributed by atoms with Gasteiger partial charge in [0, 0.05) is 13.1 Å². The van der Waals surface area contributed by atoms with E-state index in [2.05, 4.69) is 5.32 Å². The summed E-state index contributed by atoms with van der Waals surface area (Å²) in [6.45, 7) is 4.71. The topological polar surface area (TPSA) is 58.4 Å². The summed E-state index contributed by atoms with van der Waals surface area (Å²) in [5.41, 5.74) is 5.42. The molecule has 0 saturated carbocycles. The van der Waals surface area contributed by atoms with Crippen LogP contribution in [-0.2, 0) is 4.79 Å². The smallest absolute Gasteiger partial charge is 0.241 e. The van der Waals surface area contributed by atoms with Gasteiger partial charge in [-0.3, -0.25) is 4.79 Å². The summed E-state index contributed by atoms with van der Waals surface area (Å²) in [6, 6.07) is 2.20. The largest absolute Gasteiger partial charge is 0.397 e. The van der Waals surface area contributed by atoms with Crippen LogP contribution in [0, 0.1) is 11.6 Å². The molecule has 0 bridgehead atoms. The highest BCUT2D eigenvalue weighted by Crippen LogP contribution is 2.24. The highest BCUT2D eigenvalue weighted by atomic mass is 19.2. The third kappa shape index (κ3) is 3.09. The van der Waals surface area contributed by atoms with Crippen molar-refractivity contribution in [3.05, 3.63) is 23.8 Å². The number of carbonyl (C=O) groups excluding carboxylic acids is 1. The Kier molecular flexibility index (Phi) is 4.88. The minimum atomic E-state index is -1.07. The number of anilines is 2. The lowest BCUT2D eigenvalue weighted by Gasteiger charge is -2.19. The van der Waals surface area contributed by atoms with E-state index in [1.165, 1.54) is 6.07 Å². The van der Waals surface area contributed by atoms with E-state index in [0.29, 0.717) is 13.1 Å². The van der Waals surface area contributed by atoms with Gasteiger partial charge >= 0.3 is 0 Å². The summed E-state index contributed by atoms with van der Waals surface area (Å²) >= 11 is 0. The van der Waals surface area contributed by atoms with Crippen LogP contribution in [0.2, 0.25) is 0 Å². The first kappa shape index (κ1) is 14.2. The molecule has 0 aromatic heterocycles. The number of likely N-dealkylation sites (N-methyl/N-ethyl adjacent to an activating group) is 1. The van der Waals surface area contributed by atoms with Crippen molar-refractivity contribution in [3.8, 4) is 0 Å². The third-order valence-corrected chi connectivity index (χ3v) is 2.66. The molecule has 0 fully saturated rings. The Bertz CT molecular complexity index is 434. The normalized spacial score (nSPS) is 10.2. The van der Waals surface area contributed by atoms with Gasteiger partial charge in [0.15, 0.2) is 11.6 Å². The van der Waals surface area contributed by atoms with Crippen molar-refractivity contribution >= 4 is 17.3 Å². The van der Waals surface area contributed by atoms with Crippen molar-refractivity contribution in [3.63, 3.8) is 0 Å². The maximum atomic E-state index is 13.4. The molecule has 4 nitrogen and oxygen atoms in total. The SMILES string of the molecule is CCN(CC)C(=O)CNc1c(N)ccc(F)c1F. The Balaban J connectivity index is 2.75. The lowest BCUT2D eigenvalue weighted by Crippen LogP contribution is -2.35. The van der Waals surface area contributed by atoms with E-state index in [0.717, 1.165) is 6.07 Å². The Hall–Kier alpha value is -1.85. The molecule has 3 N–H and O–H groups in total. The molecule has 0 saturated heterocycles. The van der Waals surface area contributed by atoms with Gasteiger partial charge in [0.05, 0.1) is 17.9 Å². The van der Waals surface area contributed by atoms with Gasteiger partial charge in [-0.15, -0.1) is 0 Å². The zero-order valence-corrected chi connectivity index (χ0v) is 10.5. The van der Waals surface area contributed by atoms with Crippen molar-refractivity contribution < 1.29 is 13.6 Å². The molecule has 0 spiro atoms. The van der Waals surface area contributed by atoms with Crippen molar-refractivity contribution in [1.29, 1.82) is 0 Å². The predicted octanol–water partition coefficient (Wildman–Crippen LogP) is 1.83.